The fourth-order valence-corrected chi connectivity index (χ4v) is 4.25. The van der Waals surface area contributed by atoms with E-state index < -0.39 is 0 Å². The highest BCUT2D eigenvalue weighted by atomic mass is 16.6. The summed E-state index contributed by atoms with van der Waals surface area (Å²) >= 11 is 0. The van der Waals surface area contributed by atoms with E-state index >= 15 is 0 Å². The number of fused-ring (bicyclic) bond motifs is 2. The number of anilines is 1. The van der Waals surface area contributed by atoms with Crippen LogP contribution in [0, 0.1) is 11.3 Å². The summed E-state index contributed by atoms with van der Waals surface area (Å²) in [5.41, 5.74) is 1.53. The molecule has 9 heteroatoms. The average molecular weight is 445 g/mol. The van der Waals surface area contributed by atoms with Gasteiger partial charge in [0.2, 0.25) is 5.95 Å². The van der Waals surface area contributed by atoms with E-state index in [2.05, 4.69) is 6.07 Å². The summed E-state index contributed by atoms with van der Waals surface area (Å²) in [5, 5.41) is 9.45. The molecule has 0 bridgehead atoms. The van der Waals surface area contributed by atoms with Crippen LogP contribution in [0.2, 0.25) is 0 Å². The Morgan fingerprint density at radius 2 is 1.73 bits per heavy atom. The first-order valence-electron chi connectivity index (χ1n) is 11.0. The molecule has 33 heavy (non-hydrogen) atoms. The highest BCUT2D eigenvalue weighted by Crippen LogP contribution is 2.33. The molecule has 0 atom stereocenters. The quantitative estimate of drug-likeness (QED) is 0.608. The number of amides is 1. The molecule has 0 spiro atoms. The lowest BCUT2D eigenvalue weighted by molar-refractivity contribution is 0.0746. The van der Waals surface area contributed by atoms with E-state index in [9.17, 15) is 9.59 Å². The molecule has 1 saturated heterocycles. The van der Waals surface area contributed by atoms with Crippen molar-refractivity contribution < 1.29 is 14.3 Å². The smallest absolute Gasteiger partial charge is 0.262 e. The Kier molecular flexibility index (Phi) is 5.34. The molecule has 3 heterocycles. The number of hydrogen-bond acceptors (Lipinski definition) is 7. The summed E-state index contributed by atoms with van der Waals surface area (Å²) in [6.45, 7) is 5.46. The summed E-state index contributed by atoms with van der Waals surface area (Å²) < 4.78 is 12.9. The molecule has 0 radical (unpaired) electrons. The molecule has 9 nitrogen and oxygen atoms in total. The van der Waals surface area contributed by atoms with Crippen LogP contribution in [0.15, 0.2) is 41.2 Å². The van der Waals surface area contributed by atoms with Crippen molar-refractivity contribution >= 4 is 22.8 Å². The Morgan fingerprint density at radius 1 is 1.06 bits per heavy atom. The van der Waals surface area contributed by atoms with Crippen molar-refractivity contribution in [2.45, 2.75) is 13.5 Å². The second-order valence-electron chi connectivity index (χ2n) is 7.94. The van der Waals surface area contributed by atoms with Gasteiger partial charge in [-0.2, -0.15) is 5.26 Å². The van der Waals surface area contributed by atoms with Crippen molar-refractivity contribution in [2.75, 3.05) is 44.3 Å². The van der Waals surface area contributed by atoms with Crippen LogP contribution < -0.4 is 19.9 Å². The van der Waals surface area contributed by atoms with Gasteiger partial charge in [-0.25, -0.2) is 4.98 Å². The van der Waals surface area contributed by atoms with Gasteiger partial charge < -0.3 is 19.3 Å². The number of piperazine rings is 1. The van der Waals surface area contributed by atoms with Crippen LogP contribution in [0.1, 0.15) is 22.8 Å². The van der Waals surface area contributed by atoms with Gasteiger partial charge in [-0.15, -0.1) is 0 Å². The number of aromatic nitrogens is 2. The van der Waals surface area contributed by atoms with E-state index in [4.69, 9.17) is 19.7 Å². The van der Waals surface area contributed by atoms with Crippen LogP contribution in [-0.4, -0.2) is 59.8 Å². The minimum Gasteiger partial charge on any atom is -0.486 e. The highest BCUT2D eigenvalue weighted by Gasteiger charge is 2.26. The Morgan fingerprint density at radius 3 is 2.36 bits per heavy atom. The predicted molar refractivity (Wildman–Crippen MR) is 122 cm³/mol. The van der Waals surface area contributed by atoms with Gasteiger partial charge in [-0.3, -0.25) is 14.2 Å². The lowest BCUT2D eigenvalue weighted by Crippen LogP contribution is -2.50. The molecular formula is C24H23N5O4. The van der Waals surface area contributed by atoms with Crippen LogP contribution in [0.4, 0.5) is 5.95 Å². The van der Waals surface area contributed by atoms with Crippen LogP contribution in [-0.2, 0) is 6.54 Å². The Hall–Kier alpha value is -4.06. The fraction of sp³-hybridized carbons (Fsp3) is 0.333. The summed E-state index contributed by atoms with van der Waals surface area (Å²) in [6.07, 6.45) is 0. The first kappa shape index (κ1) is 20.8. The second-order valence-corrected chi connectivity index (χ2v) is 7.94. The maximum atomic E-state index is 13.2. The van der Waals surface area contributed by atoms with Crippen molar-refractivity contribution in [2.24, 2.45) is 0 Å². The molecule has 168 valence electrons. The maximum Gasteiger partial charge on any atom is 0.262 e. The lowest BCUT2D eigenvalue weighted by Gasteiger charge is -2.36. The Balaban J connectivity index is 1.40. The molecule has 5 rings (SSSR count). The lowest BCUT2D eigenvalue weighted by atomic mass is 10.1. The summed E-state index contributed by atoms with van der Waals surface area (Å²) in [7, 11) is 0. The van der Waals surface area contributed by atoms with Crippen molar-refractivity contribution in [3.05, 3.63) is 57.9 Å². The largest absolute Gasteiger partial charge is 0.486 e. The standard InChI is InChI=1S/C24H23N5O4/c1-2-29-23(31)18-13-20-21(33-12-11-32-20)14-19(18)26-24(29)28-9-7-27(8-10-28)22(30)17-5-3-16(15-25)4-6-17/h3-6,13-14H,2,7-12H2,1H3. The van der Waals surface area contributed by atoms with Gasteiger partial charge in [0.25, 0.3) is 11.5 Å². The Bertz CT molecular complexity index is 1320. The third kappa shape index (κ3) is 3.74. The van der Waals surface area contributed by atoms with Gasteiger partial charge in [0.15, 0.2) is 11.5 Å². The molecule has 1 fully saturated rings. The average Bonchev–Trinajstić information content (AvgIpc) is 2.87. The number of carbonyl (C=O) groups excluding carboxylic acids is 1. The van der Waals surface area contributed by atoms with E-state index in [0.29, 0.717) is 85.4 Å². The fourth-order valence-electron chi connectivity index (χ4n) is 4.25. The van der Waals surface area contributed by atoms with Crippen molar-refractivity contribution in [3.8, 4) is 17.6 Å². The Labute approximate surface area is 190 Å². The van der Waals surface area contributed by atoms with Crippen molar-refractivity contribution in [1.29, 1.82) is 5.26 Å². The topological polar surface area (TPSA) is 101 Å². The van der Waals surface area contributed by atoms with E-state index in [-0.39, 0.29) is 11.5 Å². The number of rotatable bonds is 3. The van der Waals surface area contributed by atoms with E-state index in [1.165, 1.54) is 0 Å². The minimum atomic E-state index is -0.120. The van der Waals surface area contributed by atoms with Crippen LogP contribution >= 0.6 is 0 Å². The summed E-state index contributed by atoms with van der Waals surface area (Å²) in [5.74, 6) is 1.69. The van der Waals surface area contributed by atoms with Gasteiger partial charge in [-0.1, -0.05) is 0 Å². The zero-order valence-electron chi connectivity index (χ0n) is 18.3. The highest BCUT2D eigenvalue weighted by molar-refractivity contribution is 5.94. The third-order valence-electron chi connectivity index (χ3n) is 6.02. The van der Waals surface area contributed by atoms with Crippen LogP contribution in [0.3, 0.4) is 0 Å². The molecule has 0 N–H and O–H groups in total. The predicted octanol–water partition coefficient (Wildman–Crippen LogP) is 2.02. The molecule has 0 saturated carbocycles. The molecule has 1 aromatic heterocycles. The number of benzene rings is 2. The summed E-state index contributed by atoms with van der Waals surface area (Å²) in [6, 6.07) is 12.2. The van der Waals surface area contributed by atoms with Gasteiger partial charge in [-0.05, 0) is 37.3 Å². The first-order valence-corrected chi connectivity index (χ1v) is 11.0. The van der Waals surface area contributed by atoms with E-state index in [1.807, 2.05) is 11.8 Å². The number of carbonyl (C=O) groups is 1. The molecule has 0 unspecified atom stereocenters. The zero-order valence-corrected chi connectivity index (χ0v) is 18.3. The third-order valence-corrected chi connectivity index (χ3v) is 6.02. The molecule has 2 aliphatic heterocycles. The number of hydrogen-bond donors (Lipinski definition) is 0. The molecular weight excluding hydrogens is 422 g/mol. The molecule has 0 aliphatic carbocycles. The maximum absolute atomic E-state index is 13.2. The minimum absolute atomic E-state index is 0.0673. The molecule has 3 aromatic rings. The molecule has 2 aromatic carbocycles. The molecule has 1 amide bonds. The number of ether oxygens (including phenoxy) is 2. The normalized spacial score (nSPS) is 15.4. The first-order chi connectivity index (χ1) is 16.1. The zero-order chi connectivity index (χ0) is 22.9. The molecule has 2 aliphatic rings. The van der Waals surface area contributed by atoms with E-state index in [1.54, 1.807) is 45.9 Å². The second kappa shape index (κ2) is 8.47. The monoisotopic (exact) mass is 445 g/mol. The number of nitriles is 1. The summed E-state index contributed by atoms with van der Waals surface area (Å²) in [4.78, 5) is 34.7. The van der Waals surface area contributed by atoms with E-state index in [0.717, 1.165) is 0 Å². The number of nitrogens with zero attached hydrogens (tertiary/aromatic N) is 5. The van der Waals surface area contributed by atoms with Gasteiger partial charge in [0, 0.05) is 44.4 Å². The van der Waals surface area contributed by atoms with Crippen LogP contribution in [0.5, 0.6) is 11.5 Å². The van der Waals surface area contributed by atoms with Gasteiger partial charge in [0.05, 0.1) is 22.5 Å². The van der Waals surface area contributed by atoms with Gasteiger partial charge in [0.1, 0.15) is 13.2 Å². The SMILES string of the molecule is CCn1c(N2CCN(C(=O)c3ccc(C#N)cc3)CC2)nc2cc3c(cc2c1=O)OCCO3. The van der Waals surface area contributed by atoms with Crippen molar-refractivity contribution in [1.82, 2.24) is 14.5 Å². The van der Waals surface area contributed by atoms with Crippen LogP contribution in [0.25, 0.3) is 10.9 Å². The van der Waals surface area contributed by atoms with Crippen molar-refractivity contribution in [3.63, 3.8) is 0 Å². The van der Waals surface area contributed by atoms with Gasteiger partial charge >= 0.3 is 0 Å².